The normalized spacial score (nSPS) is 21.2. The van der Waals surface area contributed by atoms with Crippen molar-refractivity contribution in [3.05, 3.63) is 24.3 Å². The maximum atomic E-state index is 10.4. The van der Waals surface area contributed by atoms with E-state index in [1.807, 2.05) is 38.4 Å². The molecule has 0 radical (unpaired) electrons. The molecule has 0 saturated carbocycles. The number of carbonyl (C=O) groups is 1. The van der Waals surface area contributed by atoms with Gasteiger partial charge in [-0.2, -0.15) is 0 Å². The first-order chi connectivity index (χ1) is 5.76. The monoisotopic (exact) mass is 166 g/mol. The fourth-order valence-electron chi connectivity index (χ4n) is 1.19. The molecule has 0 saturated heterocycles. The predicted molar refractivity (Wildman–Crippen MR) is 48.7 cm³/mol. The van der Waals surface area contributed by atoms with Crippen molar-refractivity contribution in [1.82, 2.24) is 10.6 Å². The maximum absolute atomic E-state index is 10.4. The van der Waals surface area contributed by atoms with Crippen molar-refractivity contribution in [3.8, 4) is 0 Å². The van der Waals surface area contributed by atoms with Gasteiger partial charge in [0.05, 0.1) is 5.92 Å². The van der Waals surface area contributed by atoms with E-state index in [4.69, 9.17) is 0 Å². The van der Waals surface area contributed by atoms with Crippen molar-refractivity contribution < 1.29 is 4.79 Å². The van der Waals surface area contributed by atoms with Crippen LogP contribution in [0.4, 0.5) is 0 Å². The molecule has 0 aromatic heterocycles. The number of nitrogens with one attached hydrogen (secondary N) is 2. The van der Waals surface area contributed by atoms with Crippen LogP contribution in [0.15, 0.2) is 24.3 Å². The molecule has 1 rings (SSSR count). The van der Waals surface area contributed by atoms with E-state index in [-0.39, 0.29) is 11.6 Å². The molecule has 3 heteroatoms. The highest BCUT2D eigenvalue weighted by Crippen LogP contribution is 2.13. The average Bonchev–Trinajstić information content (AvgIpc) is 2.18. The quantitative estimate of drug-likeness (QED) is 0.354. The maximum Gasteiger partial charge on any atom is 0.130 e. The Morgan fingerprint density at radius 2 is 1.75 bits per heavy atom. The highest BCUT2D eigenvalue weighted by Gasteiger charge is 2.21. The molecular weight excluding hydrogens is 152 g/mol. The van der Waals surface area contributed by atoms with Gasteiger partial charge in [0.2, 0.25) is 0 Å². The third-order valence-electron chi connectivity index (χ3n) is 2.15. The Kier molecular flexibility index (Phi) is 2.78. The second-order valence-electron chi connectivity index (χ2n) is 2.80. The third-order valence-corrected chi connectivity index (χ3v) is 2.15. The van der Waals surface area contributed by atoms with Crippen LogP contribution >= 0.6 is 0 Å². The lowest BCUT2D eigenvalue weighted by molar-refractivity contribution is -0.108. The molecule has 0 atom stereocenters. The zero-order valence-corrected chi connectivity index (χ0v) is 7.37. The molecule has 0 aromatic carbocycles. The number of carbonyl (C=O) groups excluding carboxylic acids is 1. The summed E-state index contributed by atoms with van der Waals surface area (Å²) in [4.78, 5) is 10.4. The molecular formula is C9H14N2O. The summed E-state index contributed by atoms with van der Waals surface area (Å²) in [5.74, 6) is -0.0696. The van der Waals surface area contributed by atoms with E-state index < -0.39 is 0 Å². The average molecular weight is 166 g/mol. The van der Waals surface area contributed by atoms with Gasteiger partial charge in [0, 0.05) is 0 Å². The van der Waals surface area contributed by atoms with Gasteiger partial charge >= 0.3 is 0 Å². The first kappa shape index (κ1) is 9.16. The predicted octanol–water partition coefficient (Wildman–Crippen LogP) is 0.0626. The van der Waals surface area contributed by atoms with E-state index in [0.717, 1.165) is 6.29 Å². The molecule has 1 aliphatic rings. The second kappa shape index (κ2) is 3.65. The van der Waals surface area contributed by atoms with Gasteiger partial charge in [-0.05, 0) is 26.2 Å². The van der Waals surface area contributed by atoms with Crippen LogP contribution in [0.5, 0.6) is 0 Å². The lowest BCUT2D eigenvalue weighted by atomic mass is 9.97. The Morgan fingerprint density at radius 3 is 2.08 bits per heavy atom. The summed E-state index contributed by atoms with van der Waals surface area (Å²) in [5, 5.41) is 6.22. The number of allylic oxidation sites excluding steroid dienone is 2. The molecule has 66 valence electrons. The molecule has 0 heterocycles. The lowest BCUT2D eigenvalue weighted by Crippen LogP contribution is -2.51. The van der Waals surface area contributed by atoms with Crippen LogP contribution in [0, 0.1) is 5.92 Å². The highest BCUT2D eigenvalue weighted by atomic mass is 16.1. The first-order valence-corrected chi connectivity index (χ1v) is 3.98. The molecule has 0 aliphatic heterocycles. The highest BCUT2D eigenvalue weighted by molar-refractivity contribution is 5.61. The van der Waals surface area contributed by atoms with Crippen LogP contribution in [0.1, 0.15) is 0 Å². The molecule has 0 fully saturated rings. The molecule has 0 bridgehead atoms. The Labute approximate surface area is 72.5 Å². The van der Waals surface area contributed by atoms with Crippen LogP contribution in [0.25, 0.3) is 0 Å². The number of likely N-dealkylation sites (N-methyl/N-ethyl adjacent to an activating group) is 2. The zero-order chi connectivity index (χ0) is 9.03. The van der Waals surface area contributed by atoms with Crippen LogP contribution in [-0.4, -0.2) is 26.0 Å². The van der Waals surface area contributed by atoms with Crippen molar-refractivity contribution in [1.29, 1.82) is 0 Å². The SMILES string of the molecule is CNC1(NC)C=CC(C=O)C=C1. The third kappa shape index (κ3) is 1.62. The smallest absolute Gasteiger partial charge is 0.130 e. The largest absolute Gasteiger partial charge is 0.302 e. The number of rotatable bonds is 3. The lowest BCUT2D eigenvalue weighted by Gasteiger charge is -2.29. The Balaban J connectivity index is 2.75. The Bertz CT molecular complexity index is 201. The number of hydrogen-bond donors (Lipinski definition) is 2. The van der Waals surface area contributed by atoms with Gasteiger partial charge in [-0.1, -0.05) is 12.2 Å². The fourth-order valence-corrected chi connectivity index (χ4v) is 1.19. The van der Waals surface area contributed by atoms with Gasteiger partial charge in [-0.3, -0.25) is 10.6 Å². The van der Waals surface area contributed by atoms with Gasteiger partial charge in [-0.15, -0.1) is 0 Å². The van der Waals surface area contributed by atoms with Gasteiger partial charge in [0.15, 0.2) is 0 Å². The van der Waals surface area contributed by atoms with Crippen LogP contribution in [-0.2, 0) is 4.79 Å². The molecule has 1 aliphatic carbocycles. The minimum atomic E-state index is -0.278. The second-order valence-corrected chi connectivity index (χ2v) is 2.80. The number of aldehydes is 1. The summed E-state index contributed by atoms with van der Waals surface area (Å²) < 4.78 is 0. The Morgan fingerprint density at radius 1 is 1.25 bits per heavy atom. The minimum Gasteiger partial charge on any atom is -0.302 e. The van der Waals surface area contributed by atoms with Crippen molar-refractivity contribution in [2.24, 2.45) is 5.92 Å². The summed E-state index contributed by atoms with van der Waals surface area (Å²) in [5.41, 5.74) is -0.278. The van der Waals surface area contributed by atoms with Crippen LogP contribution in [0.2, 0.25) is 0 Å². The molecule has 12 heavy (non-hydrogen) atoms. The molecule has 2 N–H and O–H groups in total. The summed E-state index contributed by atoms with van der Waals surface area (Å²) in [6.45, 7) is 0. The van der Waals surface area contributed by atoms with Crippen molar-refractivity contribution >= 4 is 6.29 Å². The minimum absolute atomic E-state index is 0.0696. The Hall–Kier alpha value is -0.930. The molecule has 0 aromatic rings. The van der Waals surface area contributed by atoms with Crippen LogP contribution in [0.3, 0.4) is 0 Å². The first-order valence-electron chi connectivity index (χ1n) is 3.98. The van der Waals surface area contributed by atoms with Crippen molar-refractivity contribution in [3.63, 3.8) is 0 Å². The summed E-state index contributed by atoms with van der Waals surface area (Å²) in [7, 11) is 3.73. The van der Waals surface area contributed by atoms with Crippen molar-refractivity contribution in [2.75, 3.05) is 14.1 Å². The molecule has 0 unspecified atom stereocenters. The summed E-state index contributed by atoms with van der Waals surface area (Å²) >= 11 is 0. The van der Waals surface area contributed by atoms with Crippen LogP contribution < -0.4 is 10.6 Å². The molecule has 0 amide bonds. The molecule has 3 nitrogen and oxygen atoms in total. The van der Waals surface area contributed by atoms with E-state index in [0.29, 0.717) is 0 Å². The van der Waals surface area contributed by atoms with Gasteiger partial charge in [0.1, 0.15) is 11.9 Å². The fraction of sp³-hybridized carbons (Fsp3) is 0.444. The van der Waals surface area contributed by atoms with Gasteiger partial charge in [-0.25, -0.2) is 0 Å². The van der Waals surface area contributed by atoms with Gasteiger partial charge in [0.25, 0.3) is 0 Å². The van der Waals surface area contributed by atoms with E-state index in [1.54, 1.807) is 0 Å². The van der Waals surface area contributed by atoms with E-state index in [1.165, 1.54) is 0 Å². The molecule has 0 spiro atoms. The zero-order valence-electron chi connectivity index (χ0n) is 7.37. The van der Waals surface area contributed by atoms with E-state index in [2.05, 4.69) is 10.6 Å². The standard InChI is InChI=1S/C9H14N2O/c1-10-9(11-2)5-3-8(7-12)4-6-9/h3-8,10-11H,1-2H3. The van der Waals surface area contributed by atoms with E-state index in [9.17, 15) is 4.79 Å². The summed E-state index contributed by atoms with van der Waals surface area (Å²) in [6.07, 6.45) is 8.57. The van der Waals surface area contributed by atoms with Crippen molar-refractivity contribution in [2.45, 2.75) is 5.66 Å². The number of hydrogen-bond acceptors (Lipinski definition) is 3. The van der Waals surface area contributed by atoms with E-state index >= 15 is 0 Å². The summed E-state index contributed by atoms with van der Waals surface area (Å²) in [6, 6.07) is 0. The topological polar surface area (TPSA) is 41.1 Å². The van der Waals surface area contributed by atoms with Gasteiger partial charge < -0.3 is 4.79 Å².